The monoisotopic (exact) mass is 417 g/mol. The van der Waals surface area contributed by atoms with Crippen molar-refractivity contribution in [3.63, 3.8) is 0 Å². The van der Waals surface area contributed by atoms with Crippen LogP contribution in [0.3, 0.4) is 0 Å². The maximum absolute atomic E-state index is 13.7. The Morgan fingerprint density at radius 1 is 1.10 bits per heavy atom. The molecule has 1 aliphatic rings. The number of piperazine rings is 1. The van der Waals surface area contributed by atoms with Crippen molar-refractivity contribution in [2.75, 3.05) is 51.8 Å². The van der Waals surface area contributed by atoms with E-state index >= 15 is 0 Å². The van der Waals surface area contributed by atoms with Crippen LogP contribution in [0.15, 0.2) is 42.5 Å². The quantitative estimate of drug-likeness (QED) is 0.580. The molecule has 3 N–H and O–H groups in total. The fourth-order valence-corrected chi connectivity index (χ4v) is 3.70. The highest BCUT2D eigenvalue weighted by molar-refractivity contribution is 5.93. The maximum atomic E-state index is 13.7. The largest absolute Gasteiger partial charge is 0.497 e. The predicted molar refractivity (Wildman–Crippen MR) is 114 cm³/mol. The van der Waals surface area contributed by atoms with E-state index in [9.17, 15) is 9.18 Å². The summed E-state index contributed by atoms with van der Waals surface area (Å²) in [7, 11) is 1.65. The van der Waals surface area contributed by atoms with E-state index in [-0.39, 0.29) is 17.8 Å². The Bertz CT molecular complexity index is 836. The van der Waals surface area contributed by atoms with Gasteiger partial charge in [0, 0.05) is 5.69 Å². The van der Waals surface area contributed by atoms with Crippen molar-refractivity contribution in [1.82, 2.24) is 0 Å². The van der Waals surface area contributed by atoms with Crippen molar-refractivity contribution >= 4 is 11.6 Å². The van der Waals surface area contributed by atoms with Gasteiger partial charge in [-0.25, -0.2) is 4.39 Å². The molecule has 0 unspecified atom stereocenters. The van der Waals surface area contributed by atoms with Gasteiger partial charge in [-0.05, 0) is 55.8 Å². The summed E-state index contributed by atoms with van der Waals surface area (Å²) in [6.45, 7) is 9.08. The van der Waals surface area contributed by atoms with Crippen LogP contribution < -0.4 is 24.6 Å². The van der Waals surface area contributed by atoms with Gasteiger partial charge in [0.15, 0.2) is 6.04 Å². The molecule has 0 aliphatic carbocycles. The molecule has 1 aliphatic heterocycles. The van der Waals surface area contributed by atoms with Crippen LogP contribution in [0.25, 0.3) is 0 Å². The van der Waals surface area contributed by atoms with E-state index in [2.05, 4.69) is 5.32 Å². The third-order valence-corrected chi connectivity index (χ3v) is 5.83. The normalized spacial score (nSPS) is 19.7. The number of benzene rings is 2. The van der Waals surface area contributed by atoms with E-state index in [1.165, 1.54) is 15.9 Å². The first-order chi connectivity index (χ1) is 14.5. The average Bonchev–Trinajstić information content (AvgIpc) is 2.77. The molecular formula is C23H32FN3O3+2. The summed E-state index contributed by atoms with van der Waals surface area (Å²) < 4.78 is 24.7. The van der Waals surface area contributed by atoms with E-state index in [1.54, 1.807) is 26.2 Å². The molecule has 1 amide bonds. The van der Waals surface area contributed by atoms with Gasteiger partial charge in [-0.2, -0.15) is 0 Å². The average molecular weight is 418 g/mol. The Balaban J connectivity index is 1.39. The summed E-state index contributed by atoms with van der Waals surface area (Å²) in [5.41, 5.74) is 1.08. The molecule has 1 heterocycles. The molecule has 0 spiro atoms. The van der Waals surface area contributed by atoms with Gasteiger partial charge < -0.3 is 24.6 Å². The summed E-state index contributed by atoms with van der Waals surface area (Å²) >= 11 is 0. The minimum absolute atomic E-state index is 0.0699. The number of anilines is 1. The second-order valence-corrected chi connectivity index (χ2v) is 7.86. The first-order valence-corrected chi connectivity index (χ1v) is 10.5. The molecule has 30 heavy (non-hydrogen) atoms. The lowest BCUT2D eigenvalue weighted by Crippen LogP contribution is -3.30. The first kappa shape index (κ1) is 22.1. The number of hydrogen-bond donors (Lipinski definition) is 3. The van der Waals surface area contributed by atoms with Crippen LogP contribution in [0.2, 0.25) is 0 Å². The van der Waals surface area contributed by atoms with Gasteiger partial charge in [0.1, 0.15) is 56.6 Å². The van der Waals surface area contributed by atoms with Crippen LogP contribution in [0.4, 0.5) is 10.1 Å². The standard InChI is InChI=1S/C23H30FN3O3/c1-17-4-5-19(16-22(17)24)25-23(28)18(2)27-12-10-26(11-13-27)14-15-30-21-8-6-20(29-3)7-9-21/h4-9,16,18H,10-15H2,1-3H3,(H,25,28)/p+2/t18-/m1/s1. The van der Waals surface area contributed by atoms with Crippen molar-refractivity contribution < 1.29 is 28.5 Å². The third-order valence-electron chi connectivity index (χ3n) is 5.83. The number of nitrogens with one attached hydrogen (secondary N) is 3. The number of rotatable bonds is 8. The molecule has 7 heteroatoms. The molecule has 1 saturated heterocycles. The molecule has 0 radical (unpaired) electrons. The van der Waals surface area contributed by atoms with Gasteiger partial charge in [0.2, 0.25) is 0 Å². The van der Waals surface area contributed by atoms with Crippen LogP contribution in [0.5, 0.6) is 11.5 Å². The summed E-state index contributed by atoms with van der Waals surface area (Å²) in [4.78, 5) is 15.3. The lowest BCUT2D eigenvalue weighted by molar-refractivity contribution is -1.02. The Kier molecular flexibility index (Phi) is 7.65. The minimum atomic E-state index is -0.304. The number of carbonyl (C=O) groups is 1. The Morgan fingerprint density at radius 2 is 1.77 bits per heavy atom. The molecule has 162 valence electrons. The predicted octanol–water partition coefficient (Wildman–Crippen LogP) is 0.332. The van der Waals surface area contributed by atoms with Gasteiger partial charge in [0.25, 0.3) is 5.91 Å². The van der Waals surface area contributed by atoms with Crippen molar-refractivity contribution in [2.45, 2.75) is 19.9 Å². The van der Waals surface area contributed by atoms with Crippen LogP contribution in [0, 0.1) is 12.7 Å². The van der Waals surface area contributed by atoms with Crippen LogP contribution in [0.1, 0.15) is 12.5 Å². The van der Waals surface area contributed by atoms with E-state index in [1.807, 2.05) is 31.2 Å². The van der Waals surface area contributed by atoms with E-state index < -0.39 is 0 Å². The second-order valence-electron chi connectivity index (χ2n) is 7.86. The van der Waals surface area contributed by atoms with Gasteiger partial charge in [-0.15, -0.1) is 0 Å². The van der Waals surface area contributed by atoms with Crippen LogP contribution >= 0.6 is 0 Å². The zero-order valence-electron chi connectivity index (χ0n) is 18.0. The lowest BCUT2D eigenvalue weighted by atomic mass is 10.2. The molecule has 3 rings (SSSR count). The summed E-state index contributed by atoms with van der Waals surface area (Å²) in [5, 5.41) is 2.84. The Morgan fingerprint density at radius 3 is 2.40 bits per heavy atom. The zero-order valence-corrected chi connectivity index (χ0v) is 18.0. The van der Waals surface area contributed by atoms with E-state index in [0.29, 0.717) is 17.9 Å². The molecule has 1 atom stereocenters. The summed E-state index contributed by atoms with van der Waals surface area (Å²) in [6, 6.07) is 12.2. The van der Waals surface area contributed by atoms with Gasteiger partial charge >= 0.3 is 0 Å². The van der Waals surface area contributed by atoms with E-state index in [0.717, 1.165) is 44.2 Å². The second kappa shape index (κ2) is 10.4. The van der Waals surface area contributed by atoms with Crippen molar-refractivity contribution in [1.29, 1.82) is 0 Å². The Hall–Kier alpha value is -2.64. The smallest absolute Gasteiger partial charge is 0.282 e. The summed E-state index contributed by atoms with van der Waals surface area (Å²) in [6.07, 6.45) is 0. The number of halogens is 1. The molecule has 0 saturated carbocycles. The first-order valence-electron chi connectivity index (χ1n) is 10.5. The number of amides is 1. The Labute approximate surface area is 177 Å². The van der Waals surface area contributed by atoms with Crippen molar-refractivity contribution in [2.24, 2.45) is 0 Å². The number of aryl methyl sites for hydroxylation is 1. The van der Waals surface area contributed by atoms with E-state index in [4.69, 9.17) is 9.47 Å². The molecule has 6 nitrogen and oxygen atoms in total. The van der Waals surface area contributed by atoms with Crippen LogP contribution in [-0.4, -0.2) is 58.4 Å². The minimum Gasteiger partial charge on any atom is -0.497 e. The molecule has 0 bridgehead atoms. The highest BCUT2D eigenvalue weighted by Gasteiger charge is 2.31. The molecule has 0 aromatic heterocycles. The topological polar surface area (TPSA) is 56.4 Å². The molecule has 2 aromatic rings. The number of carbonyl (C=O) groups excluding carboxylic acids is 1. The number of hydrogen-bond acceptors (Lipinski definition) is 3. The lowest BCUT2D eigenvalue weighted by Gasteiger charge is -2.32. The molecule has 1 fully saturated rings. The molecule has 2 aromatic carbocycles. The summed E-state index contributed by atoms with van der Waals surface area (Å²) in [5.74, 6) is 1.29. The highest BCUT2D eigenvalue weighted by atomic mass is 19.1. The highest BCUT2D eigenvalue weighted by Crippen LogP contribution is 2.16. The van der Waals surface area contributed by atoms with Crippen molar-refractivity contribution in [3.8, 4) is 11.5 Å². The zero-order chi connectivity index (χ0) is 21.5. The number of methoxy groups -OCH3 is 1. The van der Waals surface area contributed by atoms with Gasteiger partial charge in [-0.1, -0.05) is 6.07 Å². The fraction of sp³-hybridized carbons (Fsp3) is 0.435. The fourth-order valence-electron chi connectivity index (χ4n) is 3.70. The van der Waals surface area contributed by atoms with Crippen LogP contribution in [-0.2, 0) is 4.79 Å². The maximum Gasteiger partial charge on any atom is 0.282 e. The SMILES string of the molecule is COc1ccc(OCC[NH+]2CC[NH+]([C@H](C)C(=O)Nc3ccc(C)c(F)c3)CC2)cc1. The number of quaternary nitrogens is 2. The van der Waals surface area contributed by atoms with Gasteiger partial charge in [-0.3, -0.25) is 4.79 Å². The molecular weight excluding hydrogens is 385 g/mol. The van der Waals surface area contributed by atoms with Gasteiger partial charge in [0.05, 0.1) is 7.11 Å². The third kappa shape index (κ3) is 5.93. The number of ether oxygens (including phenoxy) is 2. The van der Waals surface area contributed by atoms with Crippen molar-refractivity contribution in [3.05, 3.63) is 53.8 Å².